The van der Waals surface area contributed by atoms with Crippen molar-refractivity contribution >= 4 is 11.5 Å². The number of piperidine rings is 1. The number of benzene rings is 2. The van der Waals surface area contributed by atoms with Gasteiger partial charge in [0, 0.05) is 50.8 Å². The van der Waals surface area contributed by atoms with Crippen molar-refractivity contribution in [1.82, 2.24) is 9.88 Å². The predicted molar refractivity (Wildman–Crippen MR) is 130 cm³/mol. The van der Waals surface area contributed by atoms with Crippen molar-refractivity contribution in [3.05, 3.63) is 90.4 Å². The molecule has 0 saturated carbocycles. The molecule has 3 aromatic rings. The van der Waals surface area contributed by atoms with Gasteiger partial charge >= 0.3 is 0 Å². The highest BCUT2D eigenvalue weighted by molar-refractivity contribution is 5.72. The van der Waals surface area contributed by atoms with Crippen molar-refractivity contribution in [1.29, 1.82) is 0 Å². The first-order valence-corrected chi connectivity index (χ1v) is 11.4. The number of aromatic nitrogens is 1. The number of hydrogen-bond donors (Lipinski definition) is 0. The van der Waals surface area contributed by atoms with Crippen LogP contribution in [0, 0.1) is 6.92 Å². The lowest BCUT2D eigenvalue weighted by Gasteiger charge is -2.40. The number of hydrogen-bond acceptors (Lipinski definition) is 5. The number of likely N-dealkylation sites (tertiary alicyclic amines) is 1. The summed E-state index contributed by atoms with van der Waals surface area (Å²) in [6.45, 7) is 5.17. The average Bonchev–Trinajstić information content (AvgIpc) is 2.81. The lowest BCUT2D eigenvalue weighted by Crippen LogP contribution is -2.44. The molecule has 1 aromatic heterocycles. The van der Waals surface area contributed by atoms with E-state index >= 15 is 0 Å². The molecule has 0 radical (unpaired) electrons. The van der Waals surface area contributed by atoms with Gasteiger partial charge in [0.15, 0.2) is 5.82 Å². The zero-order valence-corrected chi connectivity index (χ0v) is 18.8. The Labute approximate surface area is 190 Å². The maximum atomic E-state index is 6.01. The highest BCUT2D eigenvalue weighted by atomic mass is 16.5. The largest absolute Gasteiger partial charge is 0.457 e. The Hall–Kier alpha value is -3.31. The summed E-state index contributed by atoms with van der Waals surface area (Å²) in [6, 6.07) is 23.2. The van der Waals surface area contributed by atoms with Gasteiger partial charge in [-0.2, -0.15) is 0 Å². The molecule has 0 unspecified atom stereocenters. The maximum Gasteiger partial charge on any atom is 0.157 e. The number of nitrogens with zero attached hydrogens (tertiary/aromatic N) is 4. The quantitative estimate of drug-likeness (QED) is 0.532. The van der Waals surface area contributed by atoms with E-state index in [2.05, 4.69) is 71.4 Å². The molecule has 32 heavy (non-hydrogen) atoms. The van der Waals surface area contributed by atoms with Crippen LogP contribution in [0.1, 0.15) is 24.1 Å². The van der Waals surface area contributed by atoms with E-state index in [1.807, 2.05) is 36.4 Å². The summed E-state index contributed by atoms with van der Waals surface area (Å²) in [6.07, 6.45) is 6.59. The van der Waals surface area contributed by atoms with Crippen molar-refractivity contribution in [2.75, 3.05) is 29.9 Å². The molecule has 1 fully saturated rings. The number of anilines is 2. The van der Waals surface area contributed by atoms with Crippen LogP contribution in [-0.2, 0) is 6.54 Å². The van der Waals surface area contributed by atoms with Crippen LogP contribution >= 0.6 is 0 Å². The maximum absolute atomic E-state index is 6.01. The van der Waals surface area contributed by atoms with Crippen molar-refractivity contribution in [3.63, 3.8) is 0 Å². The van der Waals surface area contributed by atoms with Crippen LogP contribution in [0.25, 0.3) is 0 Å². The van der Waals surface area contributed by atoms with Crippen molar-refractivity contribution in [3.8, 4) is 11.5 Å². The number of rotatable bonds is 5. The second kappa shape index (κ2) is 9.05. The standard InChI is InChI=1S/C27H30N4O/c1-21-11-12-26-27(28-21)31(18-17-29(26)2)23-13-15-30(16-14-23)20-22-7-6-10-25(19-22)32-24-8-4-3-5-9-24/h3-12,17-19,23H,13-16,20H2,1-2H3. The Balaban J connectivity index is 1.21. The van der Waals surface area contributed by atoms with E-state index in [9.17, 15) is 0 Å². The van der Waals surface area contributed by atoms with Crippen LogP contribution < -0.4 is 14.5 Å². The molecule has 2 aliphatic rings. The molecule has 0 N–H and O–H groups in total. The SMILES string of the molecule is Cc1ccc2c(n1)N(C1CCN(Cc3cccc(Oc4ccccc4)c3)CC1)C=CN2C. The van der Waals surface area contributed by atoms with E-state index in [1.54, 1.807) is 0 Å². The molecule has 2 aromatic carbocycles. The van der Waals surface area contributed by atoms with Gasteiger partial charge in [-0.15, -0.1) is 0 Å². The van der Waals surface area contributed by atoms with Gasteiger partial charge in [-0.05, 0) is 61.7 Å². The Morgan fingerprint density at radius 3 is 2.50 bits per heavy atom. The molecule has 5 rings (SSSR count). The van der Waals surface area contributed by atoms with Gasteiger partial charge in [-0.3, -0.25) is 4.90 Å². The number of pyridine rings is 1. The molecule has 2 aliphatic heterocycles. The smallest absolute Gasteiger partial charge is 0.157 e. The minimum atomic E-state index is 0.483. The Morgan fingerprint density at radius 2 is 1.69 bits per heavy atom. The number of aryl methyl sites for hydroxylation is 1. The minimum absolute atomic E-state index is 0.483. The molecular weight excluding hydrogens is 396 g/mol. The van der Waals surface area contributed by atoms with E-state index in [-0.39, 0.29) is 0 Å². The molecule has 5 heteroatoms. The summed E-state index contributed by atoms with van der Waals surface area (Å²) in [7, 11) is 2.09. The first kappa shape index (κ1) is 20.6. The van der Waals surface area contributed by atoms with Crippen molar-refractivity contribution in [2.24, 2.45) is 0 Å². The molecule has 0 amide bonds. The lowest BCUT2D eigenvalue weighted by molar-refractivity contribution is 0.204. The molecule has 0 aliphatic carbocycles. The van der Waals surface area contributed by atoms with Crippen LogP contribution in [0.4, 0.5) is 11.5 Å². The number of para-hydroxylation sites is 1. The molecule has 5 nitrogen and oxygen atoms in total. The fourth-order valence-electron chi connectivity index (χ4n) is 4.56. The van der Waals surface area contributed by atoms with Crippen LogP contribution in [-0.4, -0.2) is 36.1 Å². The van der Waals surface area contributed by atoms with Crippen molar-refractivity contribution < 1.29 is 4.74 Å². The third-order valence-corrected chi connectivity index (χ3v) is 6.30. The van der Waals surface area contributed by atoms with E-state index in [0.717, 1.165) is 55.5 Å². The lowest BCUT2D eigenvalue weighted by atomic mass is 10.0. The Morgan fingerprint density at radius 1 is 0.906 bits per heavy atom. The molecule has 3 heterocycles. The van der Waals surface area contributed by atoms with Crippen LogP contribution in [0.15, 0.2) is 79.1 Å². The van der Waals surface area contributed by atoms with Crippen LogP contribution in [0.5, 0.6) is 11.5 Å². The second-order valence-electron chi connectivity index (χ2n) is 8.68. The summed E-state index contributed by atoms with van der Waals surface area (Å²) < 4.78 is 6.01. The topological polar surface area (TPSA) is 31.8 Å². The first-order valence-electron chi connectivity index (χ1n) is 11.4. The number of ether oxygens (including phenoxy) is 1. The van der Waals surface area contributed by atoms with E-state index < -0.39 is 0 Å². The van der Waals surface area contributed by atoms with Gasteiger partial charge in [0.25, 0.3) is 0 Å². The van der Waals surface area contributed by atoms with Gasteiger partial charge in [-0.1, -0.05) is 30.3 Å². The molecule has 0 bridgehead atoms. The Bertz CT molecular complexity index is 1090. The molecular formula is C27H30N4O. The zero-order chi connectivity index (χ0) is 21.9. The van der Waals surface area contributed by atoms with Gasteiger partial charge in [0.05, 0.1) is 5.69 Å². The van der Waals surface area contributed by atoms with E-state index in [0.29, 0.717) is 6.04 Å². The zero-order valence-electron chi connectivity index (χ0n) is 18.8. The highest BCUT2D eigenvalue weighted by Crippen LogP contribution is 2.34. The van der Waals surface area contributed by atoms with Gasteiger partial charge in [0.2, 0.25) is 0 Å². The van der Waals surface area contributed by atoms with Gasteiger partial charge in [-0.25, -0.2) is 4.98 Å². The van der Waals surface area contributed by atoms with Crippen LogP contribution in [0.3, 0.4) is 0 Å². The monoisotopic (exact) mass is 426 g/mol. The van der Waals surface area contributed by atoms with Crippen LogP contribution in [0.2, 0.25) is 0 Å². The number of fused-ring (bicyclic) bond motifs is 1. The molecule has 164 valence electrons. The normalized spacial score (nSPS) is 16.8. The Kier molecular flexibility index (Phi) is 5.82. The fourth-order valence-corrected chi connectivity index (χ4v) is 4.56. The minimum Gasteiger partial charge on any atom is -0.457 e. The molecule has 0 spiro atoms. The highest BCUT2D eigenvalue weighted by Gasteiger charge is 2.28. The van der Waals surface area contributed by atoms with E-state index in [4.69, 9.17) is 9.72 Å². The molecule has 1 saturated heterocycles. The molecule has 0 atom stereocenters. The first-order chi connectivity index (χ1) is 15.7. The van der Waals surface area contributed by atoms with E-state index in [1.165, 1.54) is 11.3 Å². The summed E-state index contributed by atoms with van der Waals surface area (Å²) in [5, 5.41) is 0. The van der Waals surface area contributed by atoms with Gasteiger partial charge < -0.3 is 14.5 Å². The third kappa shape index (κ3) is 4.48. The average molecular weight is 427 g/mol. The summed E-state index contributed by atoms with van der Waals surface area (Å²) >= 11 is 0. The fraction of sp³-hybridized carbons (Fsp3) is 0.296. The summed E-state index contributed by atoms with van der Waals surface area (Å²) in [5.41, 5.74) is 3.53. The summed E-state index contributed by atoms with van der Waals surface area (Å²) in [4.78, 5) is 11.9. The van der Waals surface area contributed by atoms with Crippen molar-refractivity contribution in [2.45, 2.75) is 32.4 Å². The predicted octanol–water partition coefficient (Wildman–Crippen LogP) is 5.57. The summed E-state index contributed by atoms with van der Waals surface area (Å²) in [5.74, 6) is 2.85. The third-order valence-electron chi connectivity index (χ3n) is 6.30. The second-order valence-corrected chi connectivity index (χ2v) is 8.68. The van der Waals surface area contributed by atoms with Gasteiger partial charge in [0.1, 0.15) is 11.5 Å².